The Morgan fingerprint density at radius 3 is 2.83 bits per heavy atom. The number of ether oxygens (including phenoxy) is 2. The SMILES string of the molecule is O=C(Cc1csc(-c2ccccc2)n1)Nc1ccc2c(c1)OCO2. The van der Waals surface area contributed by atoms with E-state index in [2.05, 4.69) is 10.3 Å². The van der Waals surface area contributed by atoms with E-state index in [1.54, 1.807) is 18.2 Å². The molecule has 4 rings (SSSR count). The molecule has 1 amide bonds. The van der Waals surface area contributed by atoms with Crippen LogP contribution < -0.4 is 14.8 Å². The molecular formula is C18H14N2O3S. The molecule has 0 radical (unpaired) electrons. The minimum Gasteiger partial charge on any atom is -0.454 e. The zero-order valence-corrected chi connectivity index (χ0v) is 13.5. The van der Waals surface area contributed by atoms with Crippen LogP contribution in [0, 0.1) is 0 Å². The number of nitrogens with zero attached hydrogens (tertiary/aromatic N) is 1. The van der Waals surface area contributed by atoms with Gasteiger partial charge in [0.1, 0.15) is 5.01 Å². The van der Waals surface area contributed by atoms with Crippen molar-refractivity contribution in [2.24, 2.45) is 0 Å². The summed E-state index contributed by atoms with van der Waals surface area (Å²) in [6.07, 6.45) is 0.234. The van der Waals surface area contributed by atoms with Gasteiger partial charge in [-0.15, -0.1) is 11.3 Å². The van der Waals surface area contributed by atoms with Crippen LogP contribution in [0.5, 0.6) is 11.5 Å². The first-order chi connectivity index (χ1) is 11.8. The van der Waals surface area contributed by atoms with Crippen molar-refractivity contribution in [3.05, 3.63) is 59.6 Å². The van der Waals surface area contributed by atoms with E-state index >= 15 is 0 Å². The van der Waals surface area contributed by atoms with Crippen LogP contribution in [0.1, 0.15) is 5.69 Å². The molecule has 6 heteroatoms. The van der Waals surface area contributed by atoms with Gasteiger partial charge in [-0.3, -0.25) is 4.79 Å². The van der Waals surface area contributed by atoms with Gasteiger partial charge in [0.15, 0.2) is 11.5 Å². The van der Waals surface area contributed by atoms with Crippen LogP contribution in [0.4, 0.5) is 5.69 Å². The van der Waals surface area contributed by atoms with Gasteiger partial charge in [-0.1, -0.05) is 30.3 Å². The molecule has 0 aliphatic carbocycles. The number of hydrogen-bond donors (Lipinski definition) is 1. The highest BCUT2D eigenvalue weighted by Gasteiger charge is 2.15. The highest BCUT2D eigenvalue weighted by Crippen LogP contribution is 2.34. The fraction of sp³-hybridized carbons (Fsp3) is 0.111. The lowest BCUT2D eigenvalue weighted by Crippen LogP contribution is -2.14. The van der Waals surface area contributed by atoms with Crippen LogP contribution in [-0.2, 0) is 11.2 Å². The van der Waals surface area contributed by atoms with Gasteiger partial charge < -0.3 is 14.8 Å². The number of carbonyl (C=O) groups excluding carboxylic acids is 1. The van der Waals surface area contributed by atoms with Crippen LogP contribution in [0.25, 0.3) is 10.6 Å². The van der Waals surface area contributed by atoms with E-state index in [9.17, 15) is 4.79 Å². The predicted octanol–water partition coefficient (Wildman–Crippen LogP) is 3.72. The number of nitrogens with one attached hydrogen (secondary N) is 1. The Morgan fingerprint density at radius 2 is 1.96 bits per heavy atom. The Bertz CT molecular complexity index is 877. The van der Waals surface area contributed by atoms with E-state index in [1.807, 2.05) is 35.7 Å². The Balaban J connectivity index is 1.42. The summed E-state index contributed by atoms with van der Waals surface area (Å²) in [6, 6.07) is 15.3. The van der Waals surface area contributed by atoms with Gasteiger partial charge in [0, 0.05) is 22.7 Å². The van der Waals surface area contributed by atoms with Gasteiger partial charge in [-0.05, 0) is 12.1 Å². The predicted molar refractivity (Wildman–Crippen MR) is 92.4 cm³/mol. The molecule has 1 N–H and O–H groups in total. The fourth-order valence-corrected chi connectivity index (χ4v) is 3.27. The molecule has 0 atom stereocenters. The monoisotopic (exact) mass is 338 g/mol. The van der Waals surface area contributed by atoms with E-state index in [0.717, 1.165) is 16.3 Å². The summed E-state index contributed by atoms with van der Waals surface area (Å²) in [7, 11) is 0. The quantitative estimate of drug-likeness (QED) is 0.787. The lowest BCUT2D eigenvalue weighted by molar-refractivity contribution is -0.115. The van der Waals surface area contributed by atoms with Gasteiger partial charge >= 0.3 is 0 Å². The number of anilines is 1. The molecule has 2 heterocycles. The number of aromatic nitrogens is 1. The van der Waals surface area contributed by atoms with Crippen molar-refractivity contribution in [3.63, 3.8) is 0 Å². The Labute approximate surface area is 142 Å². The molecule has 0 fully saturated rings. The molecule has 0 saturated heterocycles. The lowest BCUT2D eigenvalue weighted by atomic mass is 10.2. The van der Waals surface area contributed by atoms with E-state index in [4.69, 9.17) is 9.47 Å². The molecule has 0 bridgehead atoms. The number of thiazole rings is 1. The molecular weight excluding hydrogens is 324 g/mol. The van der Waals surface area contributed by atoms with Crippen LogP contribution in [-0.4, -0.2) is 17.7 Å². The summed E-state index contributed by atoms with van der Waals surface area (Å²) >= 11 is 1.54. The molecule has 1 aliphatic heterocycles. The minimum atomic E-state index is -0.112. The highest BCUT2D eigenvalue weighted by molar-refractivity contribution is 7.13. The average molecular weight is 338 g/mol. The molecule has 3 aromatic rings. The van der Waals surface area contributed by atoms with Crippen LogP contribution >= 0.6 is 11.3 Å². The molecule has 0 unspecified atom stereocenters. The van der Waals surface area contributed by atoms with Crippen molar-refractivity contribution in [1.82, 2.24) is 4.98 Å². The summed E-state index contributed by atoms with van der Waals surface area (Å²) in [6.45, 7) is 0.216. The molecule has 5 nitrogen and oxygen atoms in total. The first kappa shape index (κ1) is 14.7. The van der Waals surface area contributed by atoms with Gasteiger partial charge in [-0.25, -0.2) is 4.98 Å². The first-order valence-electron chi connectivity index (χ1n) is 7.47. The largest absolute Gasteiger partial charge is 0.454 e. The Kier molecular flexibility index (Phi) is 3.88. The zero-order valence-electron chi connectivity index (χ0n) is 12.7. The molecule has 1 aromatic heterocycles. The van der Waals surface area contributed by atoms with Crippen molar-refractivity contribution in [3.8, 4) is 22.1 Å². The van der Waals surface area contributed by atoms with Crippen molar-refractivity contribution < 1.29 is 14.3 Å². The number of benzene rings is 2. The molecule has 120 valence electrons. The van der Waals surface area contributed by atoms with E-state index in [1.165, 1.54) is 11.3 Å². The maximum Gasteiger partial charge on any atom is 0.231 e. The number of fused-ring (bicyclic) bond motifs is 1. The van der Waals surface area contributed by atoms with Gasteiger partial charge in [-0.2, -0.15) is 0 Å². The summed E-state index contributed by atoms with van der Waals surface area (Å²) in [5.74, 6) is 1.23. The van der Waals surface area contributed by atoms with Gasteiger partial charge in [0.05, 0.1) is 12.1 Å². The van der Waals surface area contributed by atoms with Crippen molar-refractivity contribution >= 4 is 22.9 Å². The van der Waals surface area contributed by atoms with Gasteiger partial charge in [0.2, 0.25) is 12.7 Å². The number of rotatable bonds is 4. The second-order valence-corrected chi connectivity index (χ2v) is 6.16. The Hall–Kier alpha value is -2.86. The normalized spacial score (nSPS) is 12.2. The summed E-state index contributed by atoms with van der Waals surface area (Å²) in [5, 5.41) is 5.70. The maximum atomic E-state index is 12.2. The number of amides is 1. The third-order valence-electron chi connectivity index (χ3n) is 3.57. The van der Waals surface area contributed by atoms with Crippen LogP contribution in [0.3, 0.4) is 0 Å². The molecule has 0 saturated carbocycles. The standard InChI is InChI=1S/C18H14N2O3S/c21-17(19-13-6-7-15-16(8-13)23-11-22-15)9-14-10-24-18(20-14)12-4-2-1-3-5-12/h1-8,10H,9,11H2,(H,19,21). The zero-order chi connectivity index (χ0) is 16.4. The average Bonchev–Trinajstić information content (AvgIpc) is 3.24. The lowest BCUT2D eigenvalue weighted by Gasteiger charge is -2.05. The van der Waals surface area contributed by atoms with Gasteiger partial charge in [0.25, 0.3) is 0 Å². The maximum absolute atomic E-state index is 12.2. The van der Waals surface area contributed by atoms with Crippen molar-refractivity contribution in [2.75, 3.05) is 12.1 Å². The highest BCUT2D eigenvalue weighted by atomic mass is 32.1. The summed E-state index contributed by atoms with van der Waals surface area (Å²) < 4.78 is 10.6. The van der Waals surface area contributed by atoms with Crippen LogP contribution in [0.2, 0.25) is 0 Å². The molecule has 24 heavy (non-hydrogen) atoms. The first-order valence-corrected chi connectivity index (χ1v) is 8.35. The van der Waals surface area contributed by atoms with Crippen LogP contribution in [0.15, 0.2) is 53.9 Å². The topological polar surface area (TPSA) is 60.5 Å². The second-order valence-electron chi connectivity index (χ2n) is 5.30. The smallest absolute Gasteiger partial charge is 0.231 e. The fourth-order valence-electron chi connectivity index (χ4n) is 2.45. The number of hydrogen-bond acceptors (Lipinski definition) is 5. The Morgan fingerprint density at radius 1 is 1.12 bits per heavy atom. The molecule has 1 aliphatic rings. The van der Waals surface area contributed by atoms with Crippen molar-refractivity contribution in [1.29, 1.82) is 0 Å². The summed E-state index contributed by atoms with van der Waals surface area (Å²) in [5.41, 5.74) is 2.50. The third kappa shape index (κ3) is 3.09. The van der Waals surface area contributed by atoms with E-state index in [-0.39, 0.29) is 19.1 Å². The molecule has 2 aromatic carbocycles. The van der Waals surface area contributed by atoms with Crippen molar-refractivity contribution in [2.45, 2.75) is 6.42 Å². The summed E-state index contributed by atoms with van der Waals surface area (Å²) in [4.78, 5) is 16.7. The minimum absolute atomic E-state index is 0.112. The number of carbonyl (C=O) groups is 1. The van der Waals surface area contributed by atoms with E-state index in [0.29, 0.717) is 17.2 Å². The third-order valence-corrected chi connectivity index (χ3v) is 4.51. The molecule has 0 spiro atoms. The van der Waals surface area contributed by atoms with E-state index < -0.39 is 0 Å². The second kappa shape index (κ2) is 6.33.